The number of aromatic nitrogens is 2. The van der Waals surface area contributed by atoms with Gasteiger partial charge in [0.05, 0.1) is 12.4 Å². The number of rotatable bonds is 16. The quantitative estimate of drug-likeness (QED) is 0.150. The van der Waals surface area contributed by atoms with Gasteiger partial charge >= 0.3 is 5.97 Å². The summed E-state index contributed by atoms with van der Waals surface area (Å²) in [5.74, 6) is -3.28. The summed E-state index contributed by atoms with van der Waals surface area (Å²) in [6.07, 6.45) is 5.08. The third-order valence-electron chi connectivity index (χ3n) is 5.99. The number of carboxylic acid groups (broad SMARTS) is 1. The van der Waals surface area contributed by atoms with E-state index < -0.39 is 47.9 Å². The van der Waals surface area contributed by atoms with E-state index in [4.69, 9.17) is 11.5 Å². The van der Waals surface area contributed by atoms with Crippen LogP contribution < -0.4 is 27.4 Å². The fourth-order valence-electron chi connectivity index (χ4n) is 3.37. The van der Waals surface area contributed by atoms with Crippen molar-refractivity contribution in [3.63, 3.8) is 0 Å². The summed E-state index contributed by atoms with van der Waals surface area (Å²) >= 11 is 0. The van der Waals surface area contributed by atoms with E-state index in [1.54, 1.807) is 20.8 Å². The van der Waals surface area contributed by atoms with E-state index in [-0.39, 0.29) is 24.7 Å². The number of aromatic amines is 1. The molecule has 12 nitrogen and oxygen atoms in total. The van der Waals surface area contributed by atoms with Gasteiger partial charge in [-0.25, -0.2) is 9.78 Å². The molecule has 0 aliphatic rings. The predicted octanol–water partition coefficient (Wildman–Crippen LogP) is -0.350. The highest BCUT2D eigenvalue weighted by Gasteiger charge is 2.32. The Bertz CT molecular complexity index is 815. The van der Waals surface area contributed by atoms with Gasteiger partial charge in [0, 0.05) is 18.3 Å². The molecule has 198 valence electrons. The molecule has 0 saturated carbocycles. The molecular formula is C23H41N7O5. The van der Waals surface area contributed by atoms with Crippen LogP contribution in [0.25, 0.3) is 0 Å². The van der Waals surface area contributed by atoms with Crippen molar-refractivity contribution in [2.24, 2.45) is 23.3 Å². The molecule has 35 heavy (non-hydrogen) atoms. The van der Waals surface area contributed by atoms with E-state index in [2.05, 4.69) is 25.9 Å². The number of hydrogen-bond acceptors (Lipinski definition) is 7. The van der Waals surface area contributed by atoms with Gasteiger partial charge in [-0.2, -0.15) is 0 Å². The molecule has 0 bridgehead atoms. The minimum Gasteiger partial charge on any atom is -0.480 e. The lowest BCUT2D eigenvalue weighted by Gasteiger charge is -2.27. The van der Waals surface area contributed by atoms with Crippen LogP contribution in [0.5, 0.6) is 0 Å². The maximum Gasteiger partial charge on any atom is 0.326 e. The number of aliphatic carboxylic acids is 1. The van der Waals surface area contributed by atoms with Gasteiger partial charge in [0.15, 0.2) is 0 Å². The van der Waals surface area contributed by atoms with Crippen LogP contribution in [0.3, 0.4) is 0 Å². The second-order valence-corrected chi connectivity index (χ2v) is 9.17. The molecule has 0 saturated heterocycles. The fourth-order valence-corrected chi connectivity index (χ4v) is 3.37. The van der Waals surface area contributed by atoms with E-state index in [0.717, 1.165) is 0 Å². The lowest BCUT2D eigenvalue weighted by atomic mass is 9.98. The zero-order valence-electron chi connectivity index (χ0n) is 21.0. The van der Waals surface area contributed by atoms with Crippen molar-refractivity contribution in [2.45, 2.75) is 84.0 Å². The topological polar surface area (TPSA) is 205 Å². The summed E-state index contributed by atoms with van der Waals surface area (Å²) < 4.78 is 0. The van der Waals surface area contributed by atoms with Gasteiger partial charge in [-0.05, 0) is 37.6 Å². The first-order chi connectivity index (χ1) is 16.5. The van der Waals surface area contributed by atoms with E-state index in [1.165, 1.54) is 12.5 Å². The maximum atomic E-state index is 13.2. The van der Waals surface area contributed by atoms with Crippen LogP contribution in [0.1, 0.15) is 59.1 Å². The van der Waals surface area contributed by atoms with Gasteiger partial charge in [0.25, 0.3) is 0 Å². The summed E-state index contributed by atoms with van der Waals surface area (Å²) in [5, 5.41) is 17.4. The van der Waals surface area contributed by atoms with Gasteiger partial charge in [-0.15, -0.1) is 0 Å². The van der Waals surface area contributed by atoms with Gasteiger partial charge in [0.1, 0.15) is 18.1 Å². The van der Waals surface area contributed by atoms with Crippen molar-refractivity contribution in [2.75, 3.05) is 6.54 Å². The van der Waals surface area contributed by atoms with Crippen LogP contribution in [0.2, 0.25) is 0 Å². The molecule has 0 radical (unpaired) electrons. The molecule has 1 heterocycles. The van der Waals surface area contributed by atoms with Crippen molar-refractivity contribution in [3.05, 3.63) is 18.2 Å². The minimum absolute atomic E-state index is 0.101. The van der Waals surface area contributed by atoms with Crippen molar-refractivity contribution in [1.29, 1.82) is 0 Å². The molecule has 0 aliphatic carbocycles. The normalized spacial score (nSPS) is 15.5. The Hall–Kier alpha value is -2.99. The SMILES string of the molecule is CCC(C)C(NC(=O)C(CCCCN)NC(=O)C(Cc1cnc[nH]1)NC(=O)C(N)C(C)C)C(=O)O. The second-order valence-electron chi connectivity index (χ2n) is 9.17. The van der Waals surface area contributed by atoms with Crippen LogP contribution in [0.15, 0.2) is 12.5 Å². The van der Waals surface area contributed by atoms with Crippen LogP contribution in [0, 0.1) is 11.8 Å². The first-order valence-electron chi connectivity index (χ1n) is 12.1. The molecule has 12 heteroatoms. The molecule has 3 amide bonds. The Kier molecular flexibility index (Phi) is 13.0. The zero-order valence-corrected chi connectivity index (χ0v) is 21.0. The van der Waals surface area contributed by atoms with Gasteiger partial charge in [-0.3, -0.25) is 14.4 Å². The molecule has 0 spiro atoms. The second kappa shape index (κ2) is 15.1. The minimum atomic E-state index is -1.15. The Morgan fingerprint density at radius 1 is 1.03 bits per heavy atom. The molecule has 1 rings (SSSR count). The monoisotopic (exact) mass is 495 g/mol. The number of imidazole rings is 1. The van der Waals surface area contributed by atoms with Gasteiger partial charge < -0.3 is 37.5 Å². The molecule has 1 aromatic rings. The highest BCUT2D eigenvalue weighted by atomic mass is 16.4. The first kappa shape index (κ1) is 30.0. The van der Waals surface area contributed by atoms with E-state index in [9.17, 15) is 24.3 Å². The van der Waals surface area contributed by atoms with Crippen molar-refractivity contribution >= 4 is 23.7 Å². The molecular weight excluding hydrogens is 454 g/mol. The number of nitrogens with zero attached hydrogens (tertiary/aromatic N) is 1. The van der Waals surface area contributed by atoms with E-state index >= 15 is 0 Å². The summed E-state index contributed by atoms with van der Waals surface area (Å²) in [5.41, 5.74) is 12.1. The lowest BCUT2D eigenvalue weighted by molar-refractivity contribution is -0.144. The summed E-state index contributed by atoms with van der Waals surface area (Å²) in [4.78, 5) is 57.3. The summed E-state index contributed by atoms with van der Waals surface area (Å²) in [7, 11) is 0. The average Bonchev–Trinajstić information content (AvgIpc) is 3.33. The molecule has 5 atom stereocenters. The fraction of sp³-hybridized carbons (Fsp3) is 0.696. The number of carbonyl (C=O) groups excluding carboxylic acids is 3. The number of nitrogens with two attached hydrogens (primary N) is 2. The summed E-state index contributed by atoms with van der Waals surface area (Å²) in [6.45, 7) is 7.57. The Balaban J connectivity index is 3.07. The van der Waals surface area contributed by atoms with Crippen LogP contribution >= 0.6 is 0 Å². The van der Waals surface area contributed by atoms with Crippen molar-refractivity contribution < 1.29 is 24.3 Å². The van der Waals surface area contributed by atoms with E-state index in [1.807, 2.05) is 6.92 Å². The number of H-pyrrole nitrogens is 1. The smallest absolute Gasteiger partial charge is 0.326 e. The van der Waals surface area contributed by atoms with Crippen LogP contribution in [-0.2, 0) is 25.6 Å². The van der Waals surface area contributed by atoms with E-state index in [0.29, 0.717) is 31.5 Å². The number of hydrogen-bond donors (Lipinski definition) is 7. The highest BCUT2D eigenvalue weighted by Crippen LogP contribution is 2.10. The maximum absolute atomic E-state index is 13.2. The van der Waals surface area contributed by atoms with Crippen molar-refractivity contribution in [1.82, 2.24) is 25.9 Å². The zero-order chi connectivity index (χ0) is 26.5. The number of carboxylic acids is 1. The summed E-state index contributed by atoms with van der Waals surface area (Å²) in [6, 6.07) is -3.93. The third kappa shape index (κ3) is 10.0. The van der Waals surface area contributed by atoms with Crippen LogP contribution in [-0.4, -0.2) is 69.5 Å². The number of unbranched alkanes of at least 4 members (excludes halogenated alkanes) is 1. The predicted molar refractivity (Wildman–Crippen MR) is 131 cm³/mol. The number of carbonyl (C=O) groups is 4. The number of amides is 3. The Morgan fingerprint density at radius 2 is 1.66 bits per heavy atom. The molecule has 0 aromatic carbocycles. The van der Waals surface area contributed by atoms with Gasteiger partial charge in [-0.1, -0.05) is 34.1 Å². The standard InChI is InChI=1S/C23H41N7O5/c1-5-14(4)19(23(34)35)30-20(31)16(8-6-7-9-24)28-21(32)17(10-15-11-26-12-27-15)29-22(33)18(25)13(2)3/h11-14,16-19H,5-10,24-25H2,1-4H3,(H,26,27)(H,28,32)(H,29,33)(H,30,31)(H,34,35). The molecule has 1 aromatic heterocycles. The Morgan fingerprint density at radius 3 is 2.17 bits per heavy atom. The average molecular weight is 496 g/mol. The Labute approximate surface area is 206 Å². The van der Waals surface area contributed by atoms with Gasteiger partial charge in [0.2, 0.25) is 17.7 Å². The molecule has 9 N–H and O–H groups in total. The largest absolute Gasteiger partial charge is 0.480 e. The molecule has 0 aliphatic heterocycles. The van der Waals surface area contributed by atoms with Crippen LogP contribution in [0.4, 0.5) is 0 Å². The highest BCUT2D eigenvalue weighted by molar-refractivity contribution is 5.94. The lowest BCUT2D eigenvalue weighted by Crippen LogP contribution is -2.58. The van der Waals surface area contributed by atoms with Crippen molar-refractivity contribution in [3.8, 4) is 0 Å². The third-order valence-corrected chi connectivity index (χ3v) is 5.99. The molecule has 5 unspecified atom stereocenters. The first-order valence-corrected chi connectivity index (χ1v) is 12.1. The molecule has 0 fully saturated rings. The number of nitrogens with one attached hydrogen (secondary N) is 4.